The summed E-state index contributed by atoms with van der Waals surface area (Å²) in [5, 5.41) is 3.46. The minimum absolute atomic E-state index is 0.935. The van der Waals surface area contributed by atoms with Gasteiger partial charge < -0.3 is 10.1 Å². The van der Waals surface area contributed by atoms with Gasteiger partial charge in [-0.2, -0.15) is 0 Å². The van der Waals surface area contributed by atoms with E-state index in [0.717, 1.165) is 18.0 Å². The fourth-order valence-corrected chi connectivity index (χ4v) is 2.63. The van der Waals surface area contributed by atoms with Crippen molar-refractivity contribution < 1.29 is 4.74 Å². The Morgan fingerprint density at radius 2 is 1.38 bits per heavy atom. The number of unbranched alkanes of at least 4 members (excludes halogenated alkanes) is 9. The van der Waals surface area contributed by atoms with Crippen molar-refractivity contribution >= 4 is 5.69 Å². The maximum Gasteiger partial charge on any atom is 0.141 e. The van der Waals surface area contributed by atoms with Crippen molar-refractivity contribution in [2.75, 3.05) is 19.0 Å². The highest BCUT2D eigenvalue weighted by atomic mass is 16.5. The molecule has 0 saturated carbocycles. The van der Waals surface area contributed by atoms with Crippen LogP contribution >= 0.6 is 0 Å². The minimum atomic E-state index is 0.935. The summed E-state index contributed by atoms with van der Waals surface area (Å²) in [4.78, 5) is 0. The SMILES string of the molecule is CCCCCCCCCCCCNc1ccccc1OC. The molecule has 0 bridgehead atoms. The topological polar surface area (TPSA) is 21.3 Å². The number of ether oxygens (including phenoxy) is 1. The molecule has 0 aliphatic carbocycles. The first-order valence-corrected chi connectivity index (χ1v) is 8.75. The van der Waals surface area contributed by atoms with Crippen molar-refractivity contribution in [2.24, 2.45) is 0 Å². The van der Waals surface area contributed by atoms with E-state index in [0.29, 0.717) is 0 Å². The molecular weight excluding hydrogens is 258 g/mol. The Morgan fingerprint density at radius 3 is 2.00 bits per heavy atom. The Morgan fingerprint density at radius 1 is 0.810 bits per heavy atom. The summed E-state index contributed by atoms with van der Waals surface area (Å²) in [7, 11) is 1.72. The average molecular weight is 291 g/mol. The molecule has 21 heavy (non-hydrogen) atoms. The van der Waals surface area contributed by atoms with Gasteiger partial charge in [0, 0.05) is 6.54 Å². The van der Waals surface area contributed by atoms with Gasteiger partial charge in [-0.15, -0.1) is 0 Å². The molecule has 0 aliphatic heterocycles. The predicted octanol–water partition coefficient (Wildman–Crippen LogP) is 6.03. The standard InChI is InChI=1S/C19H33NO/c1-3-4-5-6-7-8-9-10-11-14-17-20-18-15-12-13-16-19(18)21-2/h12-13,15-16,20H,3-11,14,17H2,1-2H3. The molecule has 0 fully saturated rings. The molecule has 2 heteroatoms. The maximum absolute atomic E-state index is 5.33. The van der Waals surface area contributed by atoms with E-state index in [1.165, 1.54) is 64.2 Å². The zero-order valence-electron chi connectivity index (χ0n) is 14.0. The van der Waals surface area contributed by atoms with Crippen molar-refractivity contribution in [2.45, 2.75) is 71.1 Å². The van der Waals surface area contributed by atoms with Crippen LogP contribution in [0, 0.1) is 0 Å². The van der Waals surface area contributed by atoms with Crippen LogP contribution in [-0.2, 0) is 0 Å². The first kappa shape index (κ1) is 17.9. The fourth-order valence-electron chi connectivity index (χ4n) is 2.63. The lowest BCUT2D eigenvalue weighted by molar-refractivity contribution is 0.416. The summed E-state index contributed by atoms with van der Waals surface area (Å²) in [6.07, 6.45) is 13.8. The normalized spacial score (nSPS) is 10.6. The number of para-hydroxylation sites is 2. The number of anilines is 1. The van der Waals surface area contributed by atoms with Crippen LogP contribution in [0.15, 0.2) is 24.3 Å². The fraction of sp³-hybridized carbons (Fsp3) is 0.684. The van der Waals surface area contributed by atoms with E-state index < -0.39 is 0 Å². The zero-order chi connectivity index (χ0) is 15.2. The minimum Gasteiger partial charge on any atom is -0.495 e. The molecule has 0 amide bonds. The molecule has 0 heterocycles. The van der Waals surface area contributed by atoms with Crippen molar-refractivity contribution in [1.82, 2.24) is 0 Å². The van der Waals surface area contributed by atoms with Crippen molar-refractivity contribution in [1.29, 1.82) is 0 Å². The number of hydrogen-bond acceptors (Lipinski definition) is 2. The van der Waals surface area contributed by atoms with Gasteiger partial charge in [0.1, 0.15) is 5.75 Å². The number of hydrogen-bond donors (Lipinski definition) is 1. The van der Waals surface area contributed by atoms with Gasteiger partial charge in [-0.3, -0.25) is 0 Å². The zero-order valence-corrected chi connectivity index (χ0v) is 14.0. The lowest BCUT2D eigenvalue weighted by Crippen LogP contribution is -2.02. The first-order chi connectivity index (χ1) is 10.4. The Kier molecular flexibility index (Phi) is 10.7. The molecule has 1 aromatic rings. The van der Waals surface area contributed by atoms with Gasteiger partial charge >= 0.3 is 0 Å². The Labute approximate surface area is 131 Å². The monoisotopic (exact) mass is 291 g/mol. The third-order valence-corrected chi connectivity index (χ3v) is 3.95. The van der Waals surface area contributed by atoms with Crippen LogP contribution in [0.4, 0.5) is 5.69 Å². The second-order valence-electron chi connectivity index (χ2n) is 5.81. The smallest absolute Gasteiger partial charge is 0.141 e. The molecule has 0 aromatic heterocycles. The van der Waals surface area contributed by atoms with Gasteiger partial charge in [-0.05, 0) is 18.6 Å². The molecule has 0 spiro atoms. The molecule has 0 atom stereocenters. The Bertz CT molecular complexity index is 351. The molecule has 1 N–H and O–H groups in total. The van der Waals surface area contributed by atoms with E-state index in [9.17, 15) is 0 Å². The van der Waals surface area contributed by atoms with E-state index in [1.54, 1.807) is 7.11 Å². The third kappa shape index (κ3) is 8.64. The van der Waals surface area contributed by atoms with Crippen LogP contribution in [-0.4, -0.2) is 13.7 Å². The van der Waals surface area contributed by atoms with E-state index in [2.05, 4.69) is 18.3 Å². The van der Waals surface area contributed by atoms with Gasteiger partial charge in [0.2, 0.25) is 0 Å². The Balaban J connectivity index is 1.93. The maximum atomic E-state index is 5.33. The van der Waals surface area contributed by atoms with Crippen LogP contribution in [0.3, 0.4) is 0 Å². The second-order valence-corrected chi connectivity index (χ2v) is 5.81. The van der Waals surface area contributed by atoms with Gasteiger partial charge in [0.05, 0.1) is 12.8 Å². The highest BCUT2D eigenvalue weighted by molar-refractivity contribution is 5.55. The van der Waals surface area contributed by atoms with E-state index in [4.69, 9.17) is 4.74 Å². The molecule has 1 aromatic carbocycles. The number of benzene rings is 1. The summed E-state index contributed by atoms with van der Waals surface area (Å²) in [6.45, 7) is 3.32. The van der Waals surface area contributed by atoms with Crippen LogP contribution in [0.2, 0.25) is 0 Å². The lowest BCUT2D eigenvalue weighted by atomic mass is 10.1. The largest absolute Gasteiger partial charge is 0.495 e. The summed E-state index contributed by atoms with van der Waals surface area (Å²) in [5.41, 5.74) is 1.11. The first-order valence-electron chi connectivity index (χ1n) is 8.75. The van der Waals surface area contributed by atoms with E-state index in [-0.39, 0.29) is 0 Å². The summed E-state index contributed by atoms with van der Waals surface area (Å²) in [6, 6.07) is 8.13. The molecular formula is C19H33NO. The molecule has 0 radical (unpaired) electrons. The van der Waals surface area contributed by atoms with Crippen molar-refractivity contribution in [3.05, 3.63) is 24.3 Å². The number of methoxy groups -OCH3 is 1. The third-order valence-electron chi connectivity index (χ3n) is 3.95. The second kappa shape index (κ2) is 12.6. The Hall–Kier alpha value is -1.18. The van der Waals surface area contributed by atoms with Crippen LogP contribution in [0.25, 0.3) is 0 Å². The summed E-state index contributed by atoms with van der Waals surface area (Å²) >= 11 is 0. The van der Waals surface area contributed by atoms with Gasteiger partial charge in [-0.1, -0.05) is 76.8 Å². The van der Waals surface area contributed by atoms with Crippen LogP contribution < -0.4 is 10.1 Å². The average Bonchev–Trinajstić information content (AvgIpc) is 2.53. The molecule has 1 rings (SSSR count). The quantitative estimate of drug-likeness (QED) is 0.448. The van der Waals surface area contributed by atoms with Crippen molar-refractivity contribution in [3.63, 3.8) is 0 Å². The van der Waals surface area contributed by atoms with Crippen LogP contribution in [0.5, 0.6) is 5.75 Å². The molecule has 0 unspecified atom stereocenters. The summed E-state index contributed by atoms with van der Waals surface area (Å²) < 4.78 is 5.33. The van der Waals surface area contributed by atoms with Crippen molar-refractivity contribution in [3.8, 4) is 5.75 Å². The molecule has 120 valence electrons. The number of nitrogens with one attached hydrogen (secondary N) is 1. The van der Waals surface area contributed by atoms with Gasteiger partial charge in [-0.25, -0.2) is 0 Å². The van der Waals surface area contributed by atoms with Gasteiger partial charge in [0.25, 0.3) is 0 Å². The number of rotatable bonds is 13. The van der Waals surface area contributed by atoms with Gasteiger partial charge in [0.15, 0.2) is 0 Å². The highest BCUT2D eigenvalue weighted by Crippen LogP contribution is 2.22. The molecule has 0 saturated heterocycles. The highest BCUT2D eigenvalue weighted by Gasteiger charge is 1.99. The lowest BCUT2D eigenvalue weighted by Gasteiger charge is -2.10. The van der Waals surface area contributed by atoms with Crippen LogP contribution in [0.1, 0.15) is 71.1 Å². The molecule has 0 aliphatic rings. The predicted molar refractivity (Wildman–Crippen MR) is 93.3 cm³/mol. The summed E-state index contributed by atoms with van der Waals surface area (Å²) in [5.74, 6) is 0.935. The molecule has 2 nitrogen and oxygen atoms in total. The van der Waals surface area contributed by atoms with E-state index in [1.807, 2.05) is 18.2 Å². The van der Waals surface area contributed by atoms with E-state index >= 15 is 0 Å².